The lowest BCUT2D eigenvalue weighted by atomic mass is 10.2. The Balaban J connectivity index is 1.60. The van der Waals surface area contributed by atoms with E-state index >= 15 is 0 Å². The fourth-order valence-corrected chi connectivity index (χ4v) is 5.38. The van der Waals surface area contributed by atoms with Crippen molar-refractivity contribution in [2.45, 2.75) is 25.2 Å². The summed E-state index contributed by atoms with van der Waals surface area (Å²) in [6.07, 6.45) is 4.20. The average molecular weight is 472 g/mol. The molecule has 33 heavy (non-hydrogen) atoms. The van der Waals surface area contributed by atoms with Crippen molar-refractivity contribution in [2.75, 3.05) is 51.3 Å². The predicted molar refractivity (Wildman–Crippen MR) is 132 cm³/mol. The molecule has 1 heterocycles. The minimum atomic E-state index is -3.48. The first-order valence-corrected chi connectivity index (χ1v) is 12.8. The molecule has 0 aromatic heterocycles. The van der Waals surface area contributed by atoms with Gasteiger partial charge in [-0.2, -0.15) is 4.31 Å². The zero-order valence-corrected chi connectivity index (χ0v) is 20.4. The summed E-state index contributed by atoms with van der Waals surface area (Å²) < 4.78 is 31.9. The van der Waals surface area contributed by atoms with Crippen LogP contribution in [0.2, 0.25) is 0 Å². The Kier molecular flexibility index (Phi) is 8.52. The summed E-state index contributed by atoms with van der Waals surface area (Å²) in [5, 5.41) is 0. The molecule has 0 bridgehead atoms. The number of methoxy groups -OCH3 is 1. The SMILES string of the molecule is CCN(CC)S(=O)(=O)c1ccc(/C=C/C(=O)N2CCCN(c3ccc(OC)cc3)CC2)cc1. The van der Waals surface area contributed by atoms with Crippen LogP contribution in [0.5, 0.6) is 5.75 Å². The van der Waals surface area contributed by atoms with Crippen molar-refractivity contribution in [1.82, 2.24) is 9.21 Å². The predicted octanol–water partition coefficient (Wildman–Crippen LogP) is 3.48. The number of hydrogen-bond acceptors (Lipinski definition) is 5. The lowest BCUT2D eigenvalue weighted by molar-refractivity contribution is -0.125. The number of rotatable bonds is 8. The van der Waals surface area contributed by atoms with Crippen LogP contribution in [0.4, 0.5) is 5.69 Å². The van der Waals surface area contributed by atoms with Crippen molar-refractivity contribution in [1.29, 1.82) is 0 Å². The number of anilines is 1. The van der Waals surface area contributed by atoms with E-state index < -0.39 is 10.0 Å². The molecule has 0 N–H and O–H groups in total. The molecule has 2 aromatic rings. The van der Waals surface area contributed by atoms with Crippen molar-refractivity contribution in [3.05, 3.63) is 60.2 Å². The number of amides is 1. The summed E-state index contributed by atoms with van der Waals surface area (Å²) in [6.45, 7) is 7.52. The number of ether oxygens (including phenoxy) is 1. The summed E-state index contributed by atoms with van der Waals surface area (Å²) in [4.78, 5) is 17.2. The van der Waals surface area contributed by atoms with Crippen molar-refractivity contribution in [2.24, 2.45) is 0 Å². The zero-order valence-electron chi connectivity index (χ0n) is 19.6. The third-order valence-electron chi connectivity index (χ3n) is 5.89. The monoisotopic (exact) mass is 471 g/mol. The van der Waals surface area contributed by atoms with Gasteiger partial charge in [0, 0.05) is 51.0 Å². The quantitative estimate of drug-likeness (QED) is 0.552. The van der Waals surface area contributed by atoms with Crippen LogP contribution < -0.4 is 9.64 Å². The molecule has 0 radical (unpaired) electrons. The molecule has 3 rings (SSSR count). The molecule has 0 atom stereocenters. The van der Waals surface area contributed by atoms with Gasteiger partial charge in [-0.15, -0.1) is 0 Å². The van der Waals surface area contributed by atoms with Gasteiger partial charge in [-0.3, -0.25) is 4.79 Å². The van der Waals surface area contributed by atoms with Crippen molar-refractivity contribution in [3.8, 4) is 5.75 Å². The highest BCUT2D eigenvalue weighted by Gasteiger charge is 2.21. The summed E-state index contributed by atoms with van der Waals surface area (Å²) >= 11 is 0. The Morgan fingerprint density at radius 3 is 2.24 bits per heavy atom. The highest BCUT2D eigenvalue weighted by atomic mass is 32.2. The van der Waals surface area contributed by atoms with Gasteiger partial charge < -0.3 is 14.5 Å². The van der Waals surface area contributed by atoms with E-state index in [-0.39, 0.29) is 10.8 Å². The van der Waals surface area contributed by atoms with Gasteiger partial charge in [0.2, 0.25) is 15.9 Å². The highest BCUT2D eigenvalue weighted by Crippen LogP contribution is 2.21. The Labute approximate surface area is 197 Å². The first-order valence-electron chi connectivity index (χ1n) is 11.3. The summed E-state index contributed by atoms with van der Waals surface area (Å²) in [5.74, 6) is 0.792. The average Bonchev–Trinajstić information content (AvgIpc) is 3.10. The molecule has 1 saturated heterocycles. The van der Waals surface area contributed by atoms with E-state index in [2.05, 4.69) is 4.90 Å². The van der Waals surface area contributed by atoms with Crippen molar-refractivity contribution < 1.29 is 17.9 Å². The number of sulfonamides is 1. The van der Waals surface area contributed by atoms with Crippen LogP contribution in [0, 0.1) is 0 Å². The van der Waals surface area contributed by atoms with Gasteiger partial charge in [0.25, 0.3) is 0 Å². The normalized spacial score (nSPS) is 15.2. The first-order chi connectivity index (χ1) is 15.9. The summed E-state index contributed by atoms with van der Waals surface area (Å²) in [7, 11) is -1.83. The minimum absolute atomic E-state index is 0.0357. The van der Waals surface area contributed by atoms with Crippen LogP contribution in [-0.2, 0) is 14.8 Å². The van der Waals surface area contributed by atoms with Gasteiger partial charge >= 0.3 is 0 Å². The zero-order chi connectivity index (χ0) is 23.8. The van der Waals surface area contributed by atoms with E-state index in [1.165, 1.54) is 4.31 Å². The third-order valence-corrected chi connectivity index (χ3v) is 7.95. The van der Waals surface area contributed by atoms with Gasteiger partial charge in [0.15, 0.2) is 0 Å². The maximum Gasteiger partial charge on any atom is 0.246 e. The third kappa shape index (κ3) is 6.15. The molecule has 8 heteroatoms. The fourth-order valence-electron chi connectivity index (χ4n) is 3.93. The maximum atomic E-state index is 12.7. The highest BCUT2D eigenvalue weighted by molar-refractivity contribution is 7.89. The standard InChI is InChI=1S/C25H33N3O4S/c1-4-28(5-2)33(30,31)24-14-7-21(8-15-24)9-16-25(29)27-18-6-17-26(19-20-27)22-10-12-23(32-3)13-11-22/h7-16H,4-6,17-20H2,1-3H3/b16-9+. The Bertz CT molecular complexity index is 1050. The van der Waals surface area contributed by atoms with E-state index in [0.717, 1.165) is 36.5 Å². The number of carbonyl (C=O) groups excluding carboxylic acids is 1. The van der Waals surface area contributed by atoms with Gasteiger partial charge in [-0.25, -0.2) is 8.42 Å². The van der Waals surface area contributed by atoms with E-state index in [9.17, 15) is 13.2 Å². The molecule has 0 spiro atoms. The molecule has 1 amide bonds. The molecular formula is C25H33N3O4S. The van der Waals surface area contributed by atoms with E-state index in [0.29, 0.717) is 26.2 Å². The molecule has 178 valence electrons. The van der Waals surface area contributed by atoms with Crippen LogP contribution in [0.1, 0.15) is 25.8 Å². The lowest BCUT2D eigenvalue weighted by Gasteiger charge is -2.23. The largest absolute Gasteiger partial charge is 0.497 e. The fraction of sp³-hybridized carbons (Fsp3) is 0.400. The molecule has 1 aliphatic heterocycles. The minimum Gasteiger partial charge on any atom is -0.497 e. The first kappa shape index (κ1) is 24.8. The number of hydrogen-bond donors (Lipinski definition) is 0. The molecule has 7 nitrogen and oxygen atoms in total. The van der Waals surface area contributed by atoms with Crippen molar-refractivity contribution in [3.63, 3.8) is 0 Å². The van der Waals surface area contributed by atoms with Gasteiger partial charge in [0.05, 0.1) is 12.0 Å². The van der Waals surface area contributed by atoms with Gasteiger partial charge in [0.1, 0.15) is 5.75 Å². The van der Waals surface area contributed by atoms with E-state index in [1.807, 2.05) is 43.0 Å². The molecule has 0 unspecified atom stereocenters. The second-order valence-electron chi connectivity index (χ2n) is 7.86. The maximum absolute atomic E-state index is 12.7. The van der Waals surface area contributed by atoms with Gasteiger partial charge in [-0.1, -0.05) is 26.0 Å². The second kappa shape index (κ2) is 11.3. The topological polar surface area (TPSA) is 70.2 Å². The molecule has 1 fully saturated rings. The van der Waals surface area contributed by atoms with Crippen molar-refractivity contribution >= 4 is 27.7 Å². The van der Waals surface area contributed by atoms with E-state index in [4.69, 9.17) is 4.74 Å². The van der Waals surface area contributed by atoms with Crippen LogP contribution in [0.3, 0.4) is 0 Å². The number of nitrogens with zero attached hydrogens (tertiary/aromatic N) is 3. The van der Waals surface area contributed by atoms with Crippen LogP contribution in [-0.4, -0.2) is 69.9 Å². The van der Waals surface area contributed by atoms with Crippen LogP contribution in [0.15, 0.2) is 59.5 Å². The molecule has 2 aromatic carbocycles. The Morgan fingerprint density at radius 2 is 1.64 bits per heavy atom. The van der Waals surface area contributed by atoms with Gasteiger partial charge in [-0.05, 0) is 54.5 Å². The van der Waals surface area contributed by atoms with E-state index in [1.54, 1.807) is 43.5 Å². The molecule has 1 aliphatic rings. The molecular weight excluding hydrogens is 438 g/mol. The Morgan fingerprint density at radius 1 is 0.970 bits per heavy atom. The lowest BCUT2D eigenvalue weighted by Crippen LogP contribution is -2.34. The van der Waals surface area contributed by atoms with Crippen LogP contribution in [0.25, 0.3) is 6.08 Å². The molecule has 0 saturated carbocycles. The Hall–Kier alpha value is -2.84. The second-order valence-corrected chi connectivity index (χ2v) is 9.79. The van der Waals surface area contributed by atoms with Crippen LogP contribution >= 0.6 is 0 Å². The summed E-state index contributed by atoms with van der Waals surface area (Å²) in [5.41, 5.74) is 1.91. The summed E-state index contributed by atoms with van der Waals surface area (Å²) in [6, 6.07) is 14.6. The molecule has 0 aliphatic carbocycles. The number of carbonyl (C=O) groups is 1. The number of benzene rings is 2. The smallest absolute Gasteiger partial charge is 0.246 e.